The van der Waals surface area contributed by atoms with Gasteiger partial charge in [0.1, 0.15) is 0 Å². The van der Waals surface area contributed by atoms with E-state index >= 15 is 0 Å². The molecule has 0 amide bonds. The number of hydrogen-bond acceptors (Lipinski definition) is 2. The molecule has 0 saturated carbocycles. The number of fused-ring (bicyclic) bond motifs is 1. The van der Waals surface area contributed by atoms with E-state index in [1.54, 1.807) is 6.33 Å². The largest absolute Gasteiger partial charge is 0.348 e. The Morgan fingerprint density at radius 2 is 2.00 bits per heavy atom. The first kappa shape index (κ1) is 12.9. The molecule has 0 aliphatic heterocycles. The van der Waals surface area contributed by atoms with Gasteiger partial charge in [0, 0.05) is 30.9 Å². The van der Waals surface area contributed by atoms with Gasteiger partial charge in [-0.05, 0) is 23.3 Å². The molecule has 1 heterocycles. The van der Waals surface area contributed by atoms with Crippen molar-refractivity contribution in [3.05, 3.63) is 66.2 Å². The summed E-state index contributed by atoms with van der Waals surface area (Å²) in [5.41, 5.74) is 2.52. The standard InChI is InChI=1S/C17H19N3/c1-13(19-10-9-15-11-18-12-20-15)16-8-4-6-14-5-2-3-7-17(14)16/h2-8,11-13,19H,9-10H2,1H3,(H,18,20). The van der Waals surface area contributed by atoms with E-state index in [0.29, 0.717) is 6.04 Å². The van der Waals surface area contributed by atoms with E-state index in [2.05, 4.69) is 64.7 Å². The fraction of sp³-hybridized carbons (Fsp3) is 0.235. The third kappa shape index (κ3) is 2.73. The molecule has 3 nitrogen and oxygen atoms in total. The number of benzene rings is 2. The van der Waals surface area contributed by atoms with Gasteiger partial charge >= 0.3 is 0 Å². The third-order valence-corrected chi connectivity index (χ3v) is 3.69. The van der Waals surface area contributed by atoms with Gasteiger partial charge in [0.05, 0.1) is 6.33 Å². The molecule has 2 aromatic carbocycles. The Hall–Kier alpha value is -2.13. The summed E-state index contributed by atoms with van der Waals surface area (Å²) >= 11 is 0. The highest BCUT2D eigenvalue weighted by atomic mass is 14.9. The molecule has 102 valence electrons. The molecule has 0 aliphatic rings. The van der Waals surface area contributed by atoms with Crippen molar-refractivity contribution in [3.8, 4) is 0 Å². The monoisotopic (exact) mass is 265 g/mol. The van der Waals surface area contributed by atoms with Gasteiger partial charge in [-0.2, -0.15) is 0 Å². The average molecular weight is 265 g/mol. The van der Waals surface area contributed by atoms with Crippen molar-refractivity contribution in [2.45, 2.75) is 19.4 Å². The minimum Gasteiger partial charge on any atom is -0.348 e. The minimum atomic E-state index is 0.337. The highest BCUT2D eigenvalue weighted by Crippen LogP contribution is 2.23. The van der Waals surface area contributed by atoms with Crippen LogP contribution in [0.5, 0.6) is 0 Å². The second-order valence-corrected chi connectivity index (χ2v) is 5.07. The highest BCUT2D eigenvalue weighted by molar-refractivity contribution is 5.86. The van der Waals surface area contributed by atoms with Crippen LogP contribution < -0.4 is 5.32 Å². The SMILES string of the molecule is CC(NCCc1cnc[nH]1)c1cccc2ccccc12. The molecule has 3 aromatic rings. The summed E-state index contributed by atoms with van der Waals surface area (Å²) in [5, 5.41) is 6.21. The molecule has 3 rings (SSSR count). The summed E-state index contributed by atoms with van der Waals surface area (Å²) in [6, 6.07) is 15.4. The van der Waals surface area contributed by atoms with Crippen LogP contribution in [-0.2, 0) is 6.42 Å². The summed E-state index contributed by atoms with van der Waals surface area (Å²) in [6.07, 6.45) is 4.57. The number of imidazole rings is 1. The lowest BCUT2D eigenvalue weighted by Crippen LogP contribution is -2.21. The van der Waals surface area contributed by atoms with Crippen LogP contribution in [0, 0.1) is 0 Å². The van der Waals surface area contributed by atoms with Crippen LogP contribution in [0.3, 0.4) is 0 Å². The van der Waals surface area contributed by atoms with Crippen molar-refractivity contribution in [2.75, 3.05) is 6.54 Å². The number of rotatable bonds is 5. The highest BCUT2D eigenvalue weighted by Gasteiger charge is 2.08. The number of aromatic nitrogens is 2. The molecular formula is C17H19N3. The molecule has 0 fully saturated rings. The van der Waals surface area contributed by atoms with E-state index in [9.17, 15) is 0 Å². The minimum absolute atomic E-state index is 0.337. The second-order valence-electron chi connectivity index (χ2n) is 5.07. The first-order valence-electron chi connectivity index (χ1n) is 7.03. The summed E-state index contributed by atoms with van der Waals surface area (Å²) in [4.78, 5) is 7.16. The van der Waals surface area contributed by atoms with Gasteiger partial charge in [-0.15, -0.1) is 0 Å². The summed E-state index contributed by atoms with van der Waals surface area (Å²) in [7, 11) is 0. The maximum absolute atomic E-state index is 4.04. The fourth-order valence-electron chi connectivity index (χ4n) is 2.58. The Bertz CT molecular complexity index is 668. The smallest absolute Gasteiger partial charge is 0.0921 e. The molecule has 0 aliphatic carbocycles. The van der Waals surface area contributed by atoms with Crippen molar-refractivity contribution < 1.29 is 0 Å². The normalized spacial score (nSPS) is 12.7. The Morgan fingerprint density at radius 1 is 1.15 bits per heavy atom. The molecule has 0 bridgehead atoms. The fourth-order valence-corrected chi connectivity index (χ4v) is 2.58. The van der Waals surface area contributed by atoms with Gasteiger partial charge < -0.3 is 10.3 Å². The summed E-state index contributed by atoms with van der Waals surface area (Å²) < 4.78 is 0. The molecule has 2 N–H and O–H groups in total. The molecular weight excluding hydrogens is 246 g/mol. The van der Waals surface area contributed by atoms with Crippen LogP contribution in [0.25, 0.3) is 10.8 Å². The van der Waals surface area contributed by atoms with Crippen molar-refractivity contribution in [2.24, 2.45) is 0 Å². The van der Waals surface area contributed by atoms with Crippen molar-refractivity contribution >= 4 is 10.8 Å². The van der Waals surface area contributed by atoms with Gasteiger partial charge in [0.15, 0.2) is 0 Å². The maximum atomic E-state index is 4.04. The number of nitrogens with one attached hydrogen (secondary N) is 2. The average Bonchev–Trinajstić information content (AvgIpc) is 3.00. The quantitative estimate of drug-likeness (QED) is 0.741. The number of aromatic amines is 1. The first-order chi connectivity index (χ1) is 9.84. The predicted octanol–water partition coefficient (Wildman–Crippen LogP) is 3.46. The van der Waals surface area contributed by atoms with Gasteiger partial charge in [0.2, 0.25) is 0 Å². The van der Waals surface area contributed by atoms with E-state index in [-0.39, 0.29) is 0 Å². The van der Waals surface area contributed by atoms with Crippen molar-refractivity contribution in [1.82, 2.24) is 15.3 Å². The number of H-pyrrole nitrogens is 1. The molecule has 3 heteroatoms. The Balaban J connectivity index is 1.70. The Labute approximate surface area is 119 Å². The zero-order valence-electron chi connectivity index (χ0n) is 11.6. The van der Waals surface area contributed by atoms with Gasteiger partial charge in [-0.25, -0.2) is 4.98 Å². The zero-order valence-corrected chi connectivity index (χ0v) is 11.6. The third-order valence-electron chi connectivity index (χ3n) is 3.69. The Morgan fingerprint density at radius 3 is 2.85 bits per heavy atom. The van der Waals surface area contributed by atoms with E-state index in [0.717, 1.165) is 13.0 Å². The van der Waals surface area contributed by atoms with Crippen LogP contribution in [0.15, 0.2) is 55.0 Å². The van der Waals surface area contributed by atoms with Crippen molar-refractivity contribution in [1.29, 1.82) is 0 Å². The molecule has 1 atom stereocenters. The van der Waals surface area contributed by atoms with Crippen LogP contribution in [0.4, 0.5) is 0 Å². The molecule has 1 aromatic heterocycles. The number of hydrogen-bond donors (Lipinski definition) is 2. The van der Waals surface area contributed by atoms with Crippen LogP contribution in [0.2, 0.25) is 0 Å². The van der Waals surface area contributed by atoms with Gasteiger partial charge in [0.25, 0.3) is 0 Å². The molecule has 0 spiro atoms. The maximum Gasteiger partial charge on any atom is 0.0921 e. The van der Waals surface area contributed by atoms with E-state index < -0.39 is 0 Å². The lowest BCUT2D eigenvalue weighted by atomic mass is 9.99. The second kappa shape index (κ2) is 5.88. The molecule has 20 heavy (non-hydrogen) atoms. The van der Waals surface area contributed by atoms with Crippen LogP contribution in [0.1, 0.15) is 24.2 Å². The first-order valence-corrected chi connectivity index (χ1v) is 7.03. The predicted molar refractivity (Wildman–Crippen MR) is 82.7 cm³/mol. The molecule has 0 radical (unpaired) electrons. The Kier molecular flexibility index (Phi) is 3.79. The topological polar surface area (TPSA) is 40.7 Å². The van der Waals surface area contributed by atoms with E-state index in [4.69, 9.17) is 0 Å². The lowest BCUT2D eigenvalue weighted by Gasteiger charge is -2.16. The van der Waals surface area contributed by atoms with Crippen LogP contribution in [-0.4, -0.2) is 16.5 Å². The molecule has 1 unspecified atom stereocenters. The molecule has 0 saturated heterocycles. The number of nitrogens with zero attached hydrogens (tertiary/aromatic N) is 1. The van der Waals surface area contributed by atoms with Crippen molar-refractivity contribution in [3.63, 3.8) is 0 Å². The van der Waals surface area contributed by atoms with Gasteiger partial charge in [-0.3, -0.25) is 0 Å². The van der Waals surface area contributed by atoms with E-state index in [1.807, 2.05) is 6.20 Å². The van der Waals surface area contributed by atoms with Gasteiger partial charge in [-0.1, -0.05) is 42.5 Å². The lowest BCUT2D eigenvalue weighted by molar-refractivity contribution is 0.577. The summed E-state index contributed by atoms with van der Waals surface area (Å²) in [5.74, 6) is 0. The van der Waals surface area contributed by atoms with Crippen LogP contribution >= 0.6 is 0 Å². The zero-order chi connectivity index (χ0) is 13.8. The summed E-state index contributed by atoms with van der Waals surface area (Å²) in [6.45, 7) is 3.15. The van der Waals surface area contributed by atoms with E-state index in [1.165, 1.54) is 22.0 Å².